The molecule has 0 aromatic rings. The van der Waals surface area contributed by atoms with Gasteiger partial charge in [0.2, 0.25) is 5.91 Å². The minimum Gasteiger partial charge on any atom is -0.339 e. The number of carbonyl (C=O) groups is 1. The van der Waals surface area contributed by atoms with Gasteiger partial charge in [-0.1, -0.05) is 6.42 Å². The Morgan fingerprint density at radius 1 is 1.30 bits per heavy atom. The number of nitrogens with two attached hydrogens (primary N) is 1. The van der Waals surface area contributed by atoms with Crippen LogP contribution < -0.4 is 5.73 Å². The maximum Gasteiger partial charge on any atom is 0.223 e. The van der Waals surface area contributed by atoms with Crippen LogP contribution in [0.3, 0.4) is 0 Å². The van der Waals surface area contributed by atoms with Crippen molar-refractivity contribution < 1.29 is 13.2 Å². The molecule has 1 heterocycles. The van der Waals surface area contributed by atoms with E-state index in [1.165, 1.54) is 0 Å². The number of carbonyl (C=O) groups excluding carboxylic acids is 1. The maximum absolute atomic E-state index is 12.3. The quantitative estimate of drug-likeness (QED) is 0.835. The zero-order chi connectivity index (χ0) is 14.0. The smallest absolute Gasteiger partial charge is 0.223 e. The number of nitrogens with zero attached hydrogens (tertiary/aromatic N) is 1. The molecule has 2 rings (SSSR count). The SMILES string of the molecule is CCN(C(=O)C[C@@H]1CCC[C@H]1N)C1CCS(=O)(=O)C1.Cl. The Morgan fingerprint density at radius 3 is 2.45 bits per heavy atom. The van der Waals surface area contributed by atoms with Gasteiger partial charge in [0, 0.05) is 25.0 Å². The predicted molar refractivity (Wildman–Crippen MR) is 81.6 cm³/mol. The second kappa shape index (κ2) is 7.09. The van der Waals surface area contributed by atoms with E-state index in [9.17, 15) is 13.2 Å². The minimum absolute atomic E-state index is 0. The number of halogens is 1. The van der Waals surface area contributed by atoms with Crippen molar-refractivity contribution in [2.45, 2.75) is 51.1 Å². The van der Waals surface area contributed by atoms with Crippen LogP contribution in [0.4, 0.5) is 0 Å². The summed E-state index contributed by atoms with van der Waals surface area (Å²) < 4.78 is 23.0. The molecule has 2 fully saturated rings. The van der Waals surface area contributed by atoms with Gasteiger partial charge >= 0.3 is 0 Å². The summed E-state index contributed by atoms with van der Waals surface area (Å²) in [7, 11) is -2.94. The first-order valence-corrected chi connectivity index (χ1v) is 9.00. The van der Waals surface area contributed by atoms with Crippen LogP contribution in [0.25, 0.3) is 0 Å². The summed E-state index contributed by atoms with van der Waals surface area (Å²) in [6.07, 6.45) is 4.18. The van der Waals surface area contributed by atoms with Gasteiger partial charge in [-0.3, -0.25) is 4.79 Å². The van der Waals surface area contributed by atoms with Crippen LogP contribution in [0.2, 0.25) is 0 Å². The van der Waals surface area contributed by atoms with Crippen LogP contribution in [0.15, 0.2) is 0 Å². The van der Waals surface area contributed by atoms with Gasteiger partial charge < -0.3 is 10.6 Å². The van der Waals surface area contributed by atoms with Crippen LogP contribution in [-0.2, 0) is 14.6 Å². The molecule has 0 bridgehead atoms. The summed E-state index contributed by atoms with van der Waals surface area (Å²) in [5.74, 6) is 0.694. The Balaban J connectivity index is 0.00000200. The monoisotopic (exact) mass is 324 g/mol. The summed E-state index contributed by atoms with van der Waals surface area (Å²) >= 11 is 0. The summed E-state index contributed by atoms with van der Waals surface area (Å²) in [4.78, 5) is 14.1. The Bertz CT molecular complexity index is 441. The highest BCUT2D eigenvalue weighted by Crippen LogP contribution is 2.28. The molecule has 1 saturated heterocycles. The third-order valence-corrected chi connectivity index (χ3v) is 6.22. The molecule has 0 radical (unpaired) electrons. The van der Waals surface area contributed by atoms with Crippen molar-refractivity contribution in [3.8, 4) is 0 Å². The van der Waals surface area contributed by atoms with E-state index >= 15 is 0 Å². The first kappa shape index (κ1) is 17.7. The van der Waals surface area contributed by atoms with Crippen molar-refractivity contribution in [3.05, 3.63) is 0 Å². The molecule has 20 heavy (non-hydrogen) atoms. The summed E-state index contributed by atoms with van der Waals surface area (Å²) in [5.41, 5.74) is 6.00. The molecule has 0 spiro atoms. The van der Waals surface area contributed by atoms with Crippen LogP contribution in [0.1, 0.15) is 39.0 Å². The summed E-state index contributed by atoms with van der Waals surface area (Å²) in [5, 5.41) is 0. The minimum atomic E-state index is -2.94. The summed E-state index contributed by atoms with van der Waals surface area (Å²) in [6, 6.07) is 0.00935. The molecule has 0 aromatic heterocycles. The third-order valence-electron chi connectivity index (χ3n) is 4.46. The molecule has 7 heteroatoms. The second-order valence-corrected chi connectivity index (χ2v) is 8.02. The molecule has 2 N–H and O–H groups in total. The zero-order valence-corrected chi connectivity index (χ0v) is 13.6. The molecule has 1 aliphatic heterocycles. The van der Waals surface area contributed by atoms with Crippen molar-refractivity contribution in [2.24, 2.45) is 11.7 Å². The van der Waals surface area contributed by atoms with E-state index in [2.05, 4.69) is 0 Å². The highest BCUT2D eigenvalue weighted by molar-refractivity contribution is 7.91. The highest BCUT2D eigenvalue weighted by atomic mass is 35.5. The van der Waals surface area contributed by atoms with Crippen molar-refractivity contribution in [3.63, 3.8) is 0 Å². The number of amides is 1. The van der Waals surface area contributed by atoms with Gasteiger partial charge in [0.1, 0.15) is 0 Å². The molecular weight excluding hydrogens is 300 g/mol. The second-order valence-electron chi connectivity index (χ2n) is 5.80. The molecule has 1 aliphatic carbocycles. The van der Waals surface area contributed by atoms with Gasteiger partial charge in [0.25, 0.3) is 0 Å². The fourth-order valence-corrected chi connectivity index (χ4v) is 5.05. The predicted octanol–water partition coefficient (Wildman–Crippen LogP) is 0.961. The number of hydrogen-bond donors (Lipinski definition) is 1. The fourth-order valence-electron chi connectivity index (χ4n) is 3.32. The molecule has 1 unspecified atom stereocenters. The van der Waals surface area contributed by atoms with Crippen molar-refractivity contribution in [2.75, 3.05) is 18.1 Å². The van der Waals surface area contributed by atoms with Gasteiger partial charge in [-0.25, -0.2) is 8.42 Å². The van der Waals surface area contributed by atoms with Crippen molar-refractivity contribution in [1.82, 2.24) is 4.90 Å². The first-order valence-electron chi connectivity index (χ1n) is 7.18. The van der Waals surface area contributed by atoms with Crippen LogP contribution in [-0.4, -0.2) is 49.4 Å². The standard InChI is InChI=1S/C13H24N2O3S.ClH/c1-2-15(11-6-7-19(17,18)9-11)13(16)8-10-4-3-5-12(10)14;/h10-12H,2-9,14H2,1H3;1H/t10-,11?,12+;/m0./s1. The van der Waals surface area contributed by atoms with Crippen LogP contribution in [0.5, 0.6) is 0 Å². The average molecular weight is 325 g/mol. The molecule has 0 aromatic carbocycles. The lowest BCUT2D eigenvalue weighted by Crippen LogP contribution is -2.42. The van der Waals surface area contributed by atoms with E-state index < -0.39 is 9.84 Å². The van der Waals surface area contributed by atoms with E-state index in [1.807, 2.05) is 6.92 Å². The van der Waals surface area contributed by atoms with Gasteiger partial charge in [-0.05, 0) is 32.1 Å². The fraction of sp³-hybridized carbons (Fsp3) is 0.923. The lowest BCUT2D eigenvalue weighted by Gasteiger charge is -2.28. The molecule has 2 aliphatic rings. The van der Waals surface area contributed by atoms with Crippen molar-refractivity contribution in [1.29, 1.82) is 0 Å². The molecule has 5 nitrogen and oxygen atoms in total. The third kappa shape index (κ3) is 4.09. The van der Waals surface area contributed by atoms with Crippen LogP contribution >= 0.6 is 12.4 Å². The number of rotatable bonds is 4. The Kier molecular flexibility index (Phi) is 6.28. The zero-order valence-electron chi connectivity index (χ0n) is 12.0. The van der Waals surface area contributed by atoms with E-state index in [0.29, 0.717) is 19.4 Å². The normalized spacial score (nSPS) is 31.8. The maximum atomic E-state index is 12.3. The molecule has 118 valence electrons. The highest BCUT2D eigenvalue weighted by Gasteiger charge is 2.35. The molecule has 1 amide bonds. The summed E-state index contributed by atoms with van der Waals surface area (Å²) in [6.45, 7) is 2.50. The first-order chi connectivity index (χ1) is 8.93. The largest absolute Gasteiger partial charge is 0.339 e. The Hall–Kier alpha value is -0.330. The van der Waals surface area contributed by atoms with E-state index in [1.54, 1.807) is 4.90 Å². The topological polar surface area (TPSA) is 80.5 Å². The Labute approximate surface area is 127 Å². The molecule has 1 saturated carbocycles. The lowest BCUT2D eigenvalue weighted by atomic mass is 9.99. The number of hydrogen-bond acceptors (Lipinski definition) is 4. The van der Waals surface area contributed by atoms with Crippen molar-refractivity contribution >= 4 is 28.2 Å². The molecular formula is C13H25ClN2O3S. The van der Waals surface area contributed by atoms with Gasteiger partial charge in [-0.15, -0.1) is 12.4 Å². The van der Waals surface area contributed by atoms with Gasteiger partial charge in [0.15, 0.2) is 9.84 Å². The lowest BCUT2D eigenvalue weighted by molar-refractivity contribution is -0.133. The van der Waals surface area contributed by atoms with Gasteiger partial charge in [0.05, 0.1) is 11.5 Å². The van der Waals surface area contributed by atoms with Gasteiger partial charge in [-0.2, -0.15) is 0 Å². The van der Waals surface area contributed by atoms with E-state index in [4.69, 9.17) is 5.73 Å². The van der Waals surface area contributed by atoms with E-state index in [-0.39, 0.29) is 47.8 Å². The van der Waals surface area contributed by atoms with Crippen LogP contribution in [0, 0.1) is 5.92 Å². The van der Waals surface area contributed by atoms with E-state index in [0.717, 1.165) is 19.3 Å². The number of sulfone groups is 1. The average Bonchev–Trinajstić information content (AvgIpc) is 2.87. The molecule has 3 atom stereocenters. The Morgan fingerprint density at radius 2 is 2.00 bits per heavy atom.